The molecule has 2 aliphatic heterocycles. The molecule has 0 bridgehead atoms. The molecule has 1 aromatic heterocycles. The van der Waals surface area contributed by atoms with Crippen LogP contribution in [0.15, 0.2) is 24.3 Å². The van der Waals surface area contributed by atoms with E-state index in [1.165, 1.54) is 38.4 Å². The molecule has 5 N–H and O–H groups in total. The number of alkyl halides is 2. The number of rotatable bonds is 3. The number of amides is 3. The number of hydrogen-bond acceptors (Lipinski definition) is 6. The van der Waals surface area contributed by atoms with E-state index < -0.39 is 5.92 Å². The van der Waals surface area contributed by atoms with Gasteiger partial charge < -0.3 is 35.9 Å². The molecule has 3 heterocycles. The average Bonchev–Trinajstić information content (AvgIpc) is 3.76. The maximum absolute atomic E-state index is 13.1. The second-order valence-electron chi connectivity index (χ2n) is 10.9. The minimum atomic E-state index is -2.88. The average molecular weight is 623 g/mol. The molecule has 3 fully saturated rings. The van der Waals surface area contributed by atoms with Gasteiger partial charge in [0.05, 0.1) is 0 Å². The van der Waals surface area contributed by atoms with Crippen molar-refractivity contribution in [1.82, 2.24) is 25.4 Å². The number of halogens is 2. The fourth-order valence-corrected chi connectivity index (χ4v) is 5.58. The standard InChI is InChI=1S/C12H12F2N2O.C11H18N2O2.C6H14N2.C2H6.CH2O/c1-12(13,14)8-3-4-9-7(5-8)6-10(16-9)11(17)15-2;1-9(14)12-7-4-10-3-2-6-13(10)11(15)5-8-12;1-8-6-4-2-3-5(6)7;2*1-2/h3-6,16H,1-2H3,(H,15,17);10H,2-8H2,1H3;5-6,8H,2-4,7H2,1H3;1-2H3;1H2. The van der Waals surface area contributed by atoms with Crippen molar-refractivity contribution >= 4 is 35.4 Å². The van der Waals surface area contributed by atoms with Crippen LogP contribution in [0.2, 0.25) is 0 Å². The fourth-order valence-electron chi connectivity index (χ4n) is 5.58. The lowest BCUT2D eigenvalue weighted by Crippen LogP contribution is -2.44. The summed E-state index contributed by atoms with van der Waals surface area (Å²) in [7, 11) is 3.50. The van der Waals surface area contributed by atoms with Gasteiger partial charge in [-0.05, 0) is 57.4 Å². The molecule has 10 nitrogen and oxygen atoms in total. The summed E-state index contributed by atoms with van der Waals surface area (Å²) >= 11 is 0. The Balaban J connectivity index is 0.000000327. The first-order valence-electron chi connectivity index (χ1n) is 15.4. The van der Waals surface area contributed by atoms with Gasteiger partial charge in [0.2, 0.25) is 11.8 Å². The van der Waals surface area contributed by atoms with Crippen molar-refractivity contribution in [1.29, 1.82) is 0 Å². The van der Waals surface area contributed by atoms with Gasteiger partial charge in [0.1, 0.15) is 12.5 Å². The lowest BCUT2D eigenvalue weighted by Gasteiger charge is -2.31. The number of nitrogens with two attached hydrogens (primary N) is 1. The highest BCUT2D eigenvalue weighted by atomic mass is 19.3. The molecule has 1 aliphatic carbocycles. The first-order chi connectivity index (χ1) is 20.9. The van der Waals surface area contributed by atoms with E-state index >= 15 is 0 Å². The summed E-state index contributed by atoms with van der Waals surface area (Å²) in [6, 6.07) is 7.25. The van der Waals surface area contributed by atoms with Gasteiger partial charge >= 0.3 is 0 Å². The van der Waals surface area contributed by atoms with Gasteiger partial charge in [0.15, 0.2) is 0 Å². The van der Waals surface area contributed by atoms with Gasteiger partial charge in [-0.15, -0.1) is 0 Å². The molecule has 44 heavy (non-hydrogen) atoms. The van der Waals surface area contributed by atoms with E-state index in [1.807, 2.05) is 32.6 Å². The number of carbonyl (C=O) groups excluding carboxylic acids is 4. The molecule has 2 aromatic rings. The van der Waals surface area contributed by atoms with Crippen molar-refractivity contribution in [2.24, 2.45) is 5.73 Å². The maximum Gasteiger partial charge on any atom is 0.270 e. The van der Waals surface area contributed by atoms with Gasteiger partial charge in [0, 0.05) is 81.5 Å². The molecule has 3 unspecified atom stereocenters. The zero-order valence-corrected chi connectivity index (χ0v) is 27.2. The van der Waals surface area contributed by atoms with Gasteiger partial charge in [-0.2, -0.15) is 0 Å². The Labute approximate surface area is 260 Å². The molecule has 1 saturated carbocycles. The highest BCUT2D eigenvalue weighted by Crippen LogP contribution is 2.29. The van der Waals surface area contributed by atoms with E-state index in [1.54, 1.807) is 24.0 Å². The third kappa shape index (κ3) is 11.3. The third-order valence-electron chi connectivity index (χ3n) is 8.01. The monoisotopic (exact) mass is 622 g/mol. The zero-order valence-electron chi connectivity index (χ0n) is 27.2. The largest absolute Gasteiger partial charge is 0.354 e. The van der Waals surface area contributed by atoms with Crippen LogP contribution in [0.1, 0.15) is 88.7 Å². The first-order valence-corrected chi connectivity index (χ1v) is 15.4. The molecule has 5 rings (SSSR count). The third-order valence-corrected chi connectivity index (χ3v) is 8.01. The number of aromatic nitrogens is 1. The highest BCUT2D eigenvalue weighted by molar-refractivity contribution is 5.98. The Morgan fingerprint density at radius 1 is 1.02 bits per heavy atom. The van der Waals surface area contributed by atoms with Crippen LogP contribution >= 0.6 is 0 Å². The number of benzene rings is 1. The first kappa shape index (κ1) is 38.6. The molecule has 0 radical (unpaired) electrons. The minimum Gasteiger partial charge on any atom is -0.354 e. The van der Waals surface area contributed by atoms with Crippen LogP contribution in [0, 0.1) is 0 Å². The molecular formula is C32H52F2N6O4. The van der Waals surface area contributed by atoms with Gasteiger partial charge in [-0.3, -0.25) is 14.4 Å². The van der Waals surface area contributed by atoms with Crippen molar-refractivity contribution < 1.29 is 28.0 Å². The molecule has 3 atom stereocenters. The van der Waals surface area contributed by atoms with Crippen LogP contribution < -0.4 is 16.4 Å². The summed E-state index contributed by atoms with van der Waals surface area (Å²) in [5.74, 6) is -2.83. The van der Waals surface area contributed by atoms with Crippen LogP contribution in [0.4, 0.5) is 8.78 Å². The van der Waals surface area contributed by atoms with Crippen LogP contribution in [0.25, 0.3) is 10.9 Å². The molecule has 12 heteroatoms. The summed E-state index contributed by atoms with van der Waals surface area (Å²) in [5.41, 5.74) is 6.69. The molecule has 3 amide bonds. The summed E-state index contributed by atoms with van der Waals surface area (Å²) in [4.78, 5) is 49.1. The van der Waals surface area contributed by atoms with E-state index in [4.69, 9.17) is 10.5 Å². The fraction of sp³-hybridized carbons (Fsp3) is 0.625. The summed E-state index contributed by atoms with van der Waals surface area (Å²) in [6.45, 7) is 10.8. The Morgan fingerprint density at radius 2 is 1.70 bits per heavy atom. The Morgan fingerprint density at radius 3 is 2.23 bits per heavy atom. The lowest BCUT2D eigenvalue weighted by atomic mass is 10.1. The number of likely N-dealkylation sites (N-methyl/N-ethyl adjacent to an activating group) is 1. The van der Waals surface area contributed by atoms with Crippen molar-refractivity contribution in [3.05, 3.63) is 35.5 Å². The van der Waals surface area contributed by atoms with Gasteiger partial charge in [0.25, 0.3) is 11.8 Å². The highest BCUT2D eigenvalue weighted by Gasteiger charge is 2.31. The number of nitrogens with zero attached hydrogens (tertiary/aromatic N) is 2. The molecule has 0 spiro atoms. The number of carbonyl (C=O) groups is 4. The predicted octanol–water partition coefficient (Wildman–Crippen LogP) is 4.19. The summed E-state index contributed by atoms with van der Waals surface area (Å²) < 4.78 is 26.2. The Kier molecular flexibility index (Phi) is 16.8. The molecule has 3 aliphatic rings. The molecule has 1 aromatic carbocycles. The lowest BCUT2D eigenvalue weighted by molar-refractivity contribution is -0.136. The number of H-pyrrole nitrogens is 1. The minimum absolute atomic E-state index is 0.0625. The van der Waals surface area contributed by atoms with Gasteiger partial charge in [-0.1, -0.05) is 26.3 Å². The number of aromatic amines is 1. The molecular weight excluding hydrogens is 570 g/mol. The quantitative estimate of drug-likeness (QED) is 0.405. The number of nitrogens with one attached hydrogen (secondary N) is 3. The van der Waals surface area contributed by atoms with E-state index in [-0.39, 0.29) is 23.3 Å². The normalized spacial score (nSPS) is 21.0. The van der Waals surface area contributed by atoms with Crippen LogP contribution in [0.5, 0.6) is 0 Å². The second-order valence-corrected chi connectivity index (χ2v) is 10.9. The van der Waals surface area contributed by atoms with E-state index in [0.29, 0.717) is 47.7 Å². The van der Waals surface area contributed by atoms with Crippen molar-refractivity contribution in [2.75, 3.05) is 33.7 Å². The topological polar surface area (TPSA) is 141 Å². The Bertz CT molecular complexity index is 1190. The predicted molar refractivity (Wildman–Crippen MR) is 171 cm³/mol. The second kappa shape index (κ2) is 19.1. The van der Waals surface area contributed by atoms with Crippen molar-refractivity contribution in [3.8, 4) is 0 Å². The van der Waals surface area contributed by atoms with Crippen LogP contribution in [-0.4, -0.2) is 91.1 Å². The van der Waals surface area contributed by atoms with Crippen molar-refractivity contribution in [2.45, 2.75) is 96.7 Å². The SMILES string of the molecule is C=O.CC.CC(=O)N1CCC(=O)N2CCCC2CC1.CNC(=O)c1cc2cc(C(C)(F)F)ccc2[nH]1.CNC1CCCC1N. The molecule has 248 valence electrons. The van der Waals surface area contributed by atoms with Crippen LogP contribution in [0.3, 0.4) is 0 Å². The maximum atomic E-state index is 13.1. The van der Waals surface area contributed by atoms with E-state index in [9.17, 15) is 23.2 Å². The summed E-state index contributed by atoms with van der Waals surface area (Å²) in [5, 5.41) is 6.26. The zero-order chi connectivity index (χ0) is 33.4. The van der Waals surface area contributed by atoms with E-state index in [0.717, 1.165) is 39.3 Å². The number of fused-ring (bicyclic) bond motifs is 2. The van der Waals surface area contributed by atoms with Crippen LogP contribution in [-0.2, 0) is 20.3 Å². The van der Waals surface area contributed by atoms with Crippen molar-refractivity contribution in [3.63, 3.8) is 0 Å². The smallest absolute Gasteiger partial charge is 0.270 e. The van der Waals surface area contributed by atoms with Gasteiger partial charge in [-0.25, -0.2) is 8.78 Å². The Hall–Kier alpha value is -3.38. The van der Waals surface area contributed by atoms with E-state index in [2.05, 4.69) is 15.6 Å². The summed E-state index contributed by atoms with van der Waals surface area (Å²) in [6.07, 6.45) is 7.44. The number of hydrogen-bond donors (Lipinski definition) is 4. The molecule has 2 saturated heterocycles.